The van der Waals surface area contributed by atoms with Crippen molar-refractivity contribution >= 4 is 21.8 Å². The molecule has 1 unspecified atom stereocenters. The summed E-state index contributed by atoms with van der Waals surface area (Å²) in [7, 11) is 0. The van der Waals surface area contributed by atoms with E-state index in [2.05, 4.69) is 26.3 Å². The van der Waals surface area contributed by atoms with Crippen LogP contribution in [-0.4, -0.2) is 20.3 Å². The van der Waals surface area contributed by atoms with E-state index in [0.717, 1.165) is 41.5 Å². The van der Waals surface area contributed by atoms with E-state index < -0.39 is 0 Å². The SMILES string of the molecule is CC(NC(=O)Cn1nc2n(c1=O)CCCCC2)c1ccc(Br)cc1. The first-order valence-corrected chi connectivity index (χ1v) is 9.05. The number of halogens is 1. The molecule has 3 rings (SSSR count). The van der Waals surface area contributed by atoms with E-state index in [1.54, 1.807) is 4.57 Å². The van der Waals surface area contributed by atoms with Crippen molar-refractivity contribution in [1.29, 1.82) is 0 Å². The number of benzene rings is 1. The van der Waals surface area contributed by atoms with E-state index in [1.165, 1.54) is 4.68 Å². The second-order valence-corrected chi connectivity index (χ2v) is 7.08. The van der Waals surface area contributed by atoms with Crippen molar-refractivity contribution in [3.63, 3.8) is 0 Å². The first-order chi connectivity index (χ1) is 11.5. The van der Waals surface area contributed by atoms with Gasteiger partial charge in [0.25, 0.3) is 0 Å². The Kier molecular flexibility index (Phi) is 5.18. The number of carbonyl (C=O) groups is 1. The smallest absolute Gasteiger partial charge is 0.346 e. The molecule has 1 aliphatic heterocycles. The molecule has 1 atom stereocenters. The van der Waals surface area contributed by atoms with Crippen LogP contribution in [0.2, 0.25) is 0 Å². The van der Waals surface area contributed by atoms with Crippen molar-refractivity contribution < 1.29 is 4.79 Å². The molecule has 1 amide bonds. The lowest BCUT2D eigenvalue weighted by Crippen LogP contribution is -2.35. The van der Waals surface area contributed by atoms with Crippen molar-refractivity contribution in [1.82, 2.24) is 19.7 Å². The monoisotopic (exact) mass is 392 g/mol. The fourth-order valence-corrected chi connectivity index (χ4v) is 3.25. The molecule has 128 valence electrons. The van der Waals surface area contributed by atoms with Gasteiger partial charge in [0.15, 0.2) is 0 Å². The minimum Gasteiger partial charge on any atom is -0.348 e. The third-order valence-corrected chi connectivity index (χ3v) is 4.85. The molecule has 0 radical (unpaired) electrons. The van der Waals surface area contributed by atoms with Gasteiger partial charge in [0.2, 0.25) is 5.91 Å². The van der Waals surface area contributed by atoms with Gasteiger partial charge in [0, 0.05) is 17.4 Å². The Morgan fingerprint density at radius 2 is 2.04 bits per heavy atom. The van der Waals surface area contributed by atoms with Gasteiger partial charge in [-0.1, -0.05) is 34.5 Å². The fourth-order valence-electron chi connectivity index (χ4n) is 2.99. The van der Waals surface area contributed by atoms with E-state index in [-0.39, 0.29) is 24.2 Å². The Balaban J connectivity index is 1.67. The predicted octanol–water partition coefficient (Wildman–Crippen LogP) is 2.41. The predicted molar refractivity (Wildman–Crippen MR) is 94.7 cm³/mol. The summed E-state index contributed by atoms with van der Waals surface area (Å²) in [6, 6.07) is 7.67. The van der Waals surface area contributed by atoms with Crippen molar-refractivity contribution in [3.05, 3.63) is 50.6 Å². The number of rotatable bonds is 4. The highest BCUT2D eigenvalue weighted by molar-refractivity contribution is 9.10. The van der Waals surface area contributed by atoms with Crippen LogP contribution in [0.15, 0.2) is 33.5 Å². The number of hydrogen-bond donors (Lipinski definition) is 1. The number of fused-ring (bicyclic) bond motifs is 1. The van der Waals surface area contributed by atoms with Crippen LogP contribution in [0.3, 0.4) is 0 Å². The summed E-state index contributed by atoms with van der Waals surface area (Å²) in [6.07, 6.45) is 3.96. The molecule has 1 aromatic carbocycles. The Bertz CT molecular complexity index is 779. The number of aromatic nitrogens is 3. The van der Waals surface area contributed by atoms with Crippen LogP contribution in [0, 0.1) is 0 Å². The number of hydrogen-bond acceptors (Lipinski definition) is 3. The Morgan fingerprint density at radius 3 is 2.79 bits per heavy atom. The van der Waals surface area contributed by atoms with Crippen LogP contribution < -0.4 is 11.0 Å². The minimum absolute atomic E-state index is 0.0420. The summed E-state index contributed by atoms with van der Waals surface area (Å²) in [5.41, 5.74) is 0.831. The van der Waals surface area contributed by atoms with Crippen LogP contribution in [0.5, 0.6) is 0 Å². The lowest BCUT2D eigenvalue weighted by Gasteiger charge is -2.14. The molecule has 7 heteroatoms. The quantitative estimate of drug-likeness (QED) is 0.868. The molecule has 24 heavy (non-hydrogen) atoms. The fraction of sp³-hybridized carbons (Fsp3) is 0.471. The summed E-state index contributed by atoms with van der Waals surface area (Å²) in [5.74, 6) is 0.590. The van der Waals surface area contributed by atoms with Crippen molar-refractivity contribution in [2.45, 2.75) is 51.7 Å². The third-order valence-electron chi connectivity index (χ3n) is 4.32. The zero-order valence-electron chi connectivity index (χ0n) is 13.7. The van der Waals surface area contributed by atoms with Crippen molar-refractivity contribution in [2.75, 3.05) is 0 Å². The maximum absolute atomic E-state index is 12.4. The number of amides is 1. The zero-order valence-corrected chi connectivity index (χ0v) is 15.3. The normalized spacial score (nSPS) is 15.4. The standard InChI is InChI=1S/C17H21BrN4O2/c1-12(13-6-8-14(18)9-7-13)19-16(23)11-22-17(24)21-10-4-2-3-5-15(21)20-22/h6-9,12H,2-5,10-11H2,1H3,(H,19,23). The molecule has 0 aliphatic carbocycles. The van der Waals surface area contributed by atoms with Crippen LogP contribution in [-0.2, 0) is 24.3 Å². The molecule has 2 heterocycles. The molecular formula is C17H21BrN4O2. The maximum atomic E-state index is 12.4. The van der Waals surface area contributed by atoms with Gasteiger partial charge in [0.05, 0.1) is 6.04 Å². The van der Waals surface area contributed by atoms with Gasteiger partial charge in [-0.05, 0) is 37.5 Å². The second kappa shape index (κ2) is 7.34. The number of nitrogens with one attached hydrogen (secondary N) is 1. The van der Waals surface area contributed by atoms with Gasteiger partial charge in [-0.3, -0.25) is 9.36 Å². The molecule has 0 bridgehead atoms. The van der Waals surface area contributed by atoms with Gasteiger partial charge in [-0.15, -0.1) is 0 Å². The lowest BCUT2D eigenvalue weighted by atomic mass is 10.1. The van der Waals surface area contributed by atoms with Crippen LogP contribution in [0.25, 0.3) is 0 Å². The summed E-state index contributed by atoms with van der Waals surface area (Å²) >= 11 is 3.39. The maximum Gasteiger partial charge on any atom is 0.346 e. The van der Waals surface area contributed by atoms with E-state index in [1.807, 2.05) is 31.2 Å². The summed E-state index contributed by atoms with van der Waals surface area (Å²) in [5, 5.41) is 7.26. The molecular weight excluding hydrogens is 372 g/mol. The number of nitrogens with zero attached hydrogens (tertiary/aromatic N) is 3. The molecule has 0 spiro atoms. The molecule has 0 saturated carbocycles. The Hall–Kier alpha value is -1.89. The molecule has 1 aromatic heterocycles. The Labute approximate surface area is 149 Å². The van der Waals surface area contributed by atoms with Gasteiger partial charge in [-0.2, -0.15) is 5.10 Å². The van der Waals surface area contributed by atoms with E-state index in [0.29, 0.717) is 6.54 Å². The lowest BCUT2D eigenvalue weighted by molar-refractivity contribution is -0.122. The number of aryl methyl sites for hydroxylation is 1. The first kappa shape index (κ1) is 17.0. The van der Waals surface area contributed by atoms with Crippen LogP contribution >= 0.6 is 15.9 Å². The van der Waals surface area contributed by atoms with E-state index >= 15 is 0 Å². The van der Waals surface area contributed by atoms with Gasteiger partial charge < -0.3 is 5.32 Å². The molecule has 6 nitrogen and oxygen atoms in total. The summed E-state index contributed by atoms with van der Waals surface area (Å²) in [4.78, 5) is 24.6. The topological polar surface area (TPSA) is 68.9 Å². The molecule has 2 aromatic rings. The molecule has 0 saturated heterocycles. The minimum atomic E-state index is -0.208. The summed E-state index contributed by atoms with van der Waals surface area (Å²) in [6.45, 7) is 2.58. The van der Waals surface area contributed by atoms with Gasteiger partial charge in [0.1, 0.15) is 12.4 Å². The highest BCUT2D eigenvalue weighted by Gasteiger charge is 2.18. The van der Waals surface area contributed by atoms with E-state index in [4.69, 9.17) is 0 Å². The largest absolute Gasteiger partial charge is 0.348 e. The van der Waals surface area contributed by atoms with Gasteiger partial charge in [-0.25, -0.2) is 9.48 Å². The average molecular weight is 393 g/mol. The zero-order chi connectivity index (χ0) is 17.1. The summed E-state index contributed by atoms with van der Waals surface area (Å²) < 4.78 is 3.98. The highest BCUT2D eigenvalue weighted by Crippen LogP contribution is 2.16. The van der Waals surface area contributed by atoms with Gasteiger partial charge >= 0.3 is 5.69 Å². The number of carbonyl (C=O) groups excluding carboxylic acids is 1. The highest BCUT2D eigenvalue weighted by atomic mass is 79.9. The average Bonchev–Trinajstić information content (AvgIpc) is 2.73. The third kappa shape index (κ3) is 3.77. The molecule has 0 fully saturated rings. The second-order valence-electron chi connectivity index (χ2n) is 6.16. The van der Waals surface area contributed by atoms with Crippen LogP contribution in [0.4, 0.5) is 0 Å². The van der Waals surface area contributed by atoms with Crippen LogP contribution in [0.1, 0.15) is 43.6 Å². The first-order valence-electron chi connectivity index (χ1n) is 8.26. The molecule has 1 aliphatic rings. The molecule has 1 N–H and O–H groups in total. The van der Waals surface area contributed by atoms with Crippen molar-refractivity contribution in [3.8, 4) is 0 Å². The van der Waals surface area contributed by atoms with Crippen molar-refractivity contribution in [2.24, 2.45) is 0 Å². The van der Waals surface area contributed by atoms with E-state index in [9.17, 15) is 9.59 Å². The Morgan fingerprint density at radius 1 is 1.29 bits per heavy atom.